The molecule has 2 saturated heterocycles. The maximum absolute atomic E-state index is 12.7. The average Bonchev–Trinajstić information content (AvgIpc) is 2.88. The number of piperidine rings is 1. The molecule has 1 spiro atoms. The van der Waals surface area contributed by atoms with E-state index in [0.717, 1.165) is 31.5 Å². The Balaban J connectivity index is 1.80. The number of rotatable bonds is 1. The van der Waals surface area contributed by atoms with Crippen LogP contribution < -0.4 is 0 Å². The molecule has 2 amide bonds. The van der Waals surface area contributed by atoms with E-state index in [1.54, 1.807) is 22.8 Å². The summed E-state index contributed by atoms with van der Waals surface area (Å²) in [5.74, 6) is 0.696. The van der Waals surface area contributed by atoms with Gasteiger partial charge >= 0.3 is 0 Å². The van der Waals surface area contributed by atoms with Crippen molar-refractivity contribution < 1.29 is 9.59 Å². The van der Waals surface area contributed by atoms with Gasteiger partial charge < -0.3 is 9.80 Å². The van der Waals surface area contributed by atoms with E-state index in [-0.39, 0.29) is 17.2 Å². The third-order valence-electron chi connectivity index (χ3n) is 4.78. The van der Waals surface area contributed by atoms with Crippen molar-refractivity contribution in [2.24, 2.45) is 5.41 Å². The lowest BCUT2D eigenvalue weighted by Gasteiger charge is -2.37. The van der Waals surface area contributed by atoms with Crippen molar-refractivity contribution in [1.82, 2.24) is 19.8 Å². The van der Waals surface area contributed by atoms with Crippen LogP contribution in [0, 0.1) is 19.3 Å². The lowest BCUT2D eigenvalue weighted by molar-refractivity contribution is -0.143. The van der Waals surface area contributed by atoms with Crippen LogP contribution in [0.5, 0.6) is 0 Å². The normalized spacial score (nSPS) is 25.1. The van der Waals surface area contributed by atoms with Crippen LogP contribution in [0.2, 0.25) is 0 Å². The van der Waals surface area contributed by atoms with Gasteiger partial charge in [-0.1, -0.05) is 0 Å². The minimum atomic E-state index is -0.375. The Morgan fingerprint density at radius 1 is 1.23 bits per heavy atom. The minimum absolute atomic E-state index is 0.0912. The van der Waals surface area contributed by atoms with E-state index in [4.69, 9.17) is 0 Å². The lowest BCUT2D eigenvalue weighted by Crippen LogP contribution is -2.48. The Hall–Kier alpha value is -1.98. The summed E-state index contributed by atoms with van der Waals surface area (Å²) in [6, 6.07) is 1.72. The summed E-state index contributed by atoms with van der Waals surface area (Å²) in [7, 11) is 1.85. The molecule has 1 aromatic rings. The first-order chi connectivity index (χ1) is 10.4. The molecule has 2 fully saturated rings. The monoisotopic (exact) mass is 302 g/mol. The SMILES string of the molecule is Cc1cc(C(=O)N2CCC3(CCCN(C)C3=O)C2)nc(C)n1. The van der Waals surface area contributed by atoms with Gasteiger partial charge in [-0.15, -0.1) is 0 Å². The maximum atomic E-state index is 12.7. The summed E-state index contributed by atoms with van der Waals surface area (Å²) in [5, 5.41) is 0. The molecule has 1 atom stereocenters. The minimum Gasteiger partial charge on any atom is -0.345 e. The Labute approximate surface area is 130 Å². The number of amides is 2. The highest BCUT2D eigenvalue weighted by atomic mass is 16.2. The summed E-state index contributed by atoms with van der Waals surface area (Å²) in [4.78, 5) is 37.2. The molecule has 0 bridgehead atoms. The molecule has 3 heterocycles. The van der Waals surface area contributed by atoms with Gasteiger partial charge in [-0.25, -0.2) is 9.97 Å². The van der Waals surface area contributed by atoms with E-state index in [0.29, 0.717) is 24.6 Å². The van der Waals surface area contributed by atoms with Crippen LogP contribution >= 0.6 is 0 Å². The van der Waals surface area contributed by atoms with Crippen LogP contribution in [0.15, 0.2) is 6.07 Å². The number of carbonyl (C=O) groups excluding carboxylic acids is 2. The van der Waals surface area contributed by atoms with Crippen molar-refractivity contribution in [3.63, 3.8) is 0 Å². The van der Waals surface area contributed by atoms with Crippen molar-refractivity contribution >= 4 is 11.8 Å². The van der Waals surface area contributed by atoms with Crippen LogP contribution in [0.1, 0.15) is 41.3 Å². The van der Waals surface area contributed by atoms with Gasteiger partial charge in [0.1, 0.15) is 11.5 Å². The van der Waals surface area contributed by atoms with Gasteiger partial charge in [0.25, 0.3) is 5.91 Å². The molecule has 0 aliphatic carbocycles. The fourth-order valence-corrected chi connectivity index (χ4v) is 3.68. The highest BCUT2D eigenvalue weighted by Crippen LogP contribution is 2.39. The van der Waals surface area contributed by atoms with E-state index in [2.05, 4.69) is 9.97 Å². The average molecular weight is 302 g/mol. The number of nitrogens with zero attached hydrogens (tertiary/aromatic N) is 4. The molecule has 0 N–H and O–H groups in total. The first-order valence-electron chi connectivity index (χ1n) is 7.78. The zero-order valence-corrected chi connectivity index (χ0v) is 13.4. The van der Waals surface area contributed by atoms with Crippen LogP contribution in [-0.4, -0.2) is 58.3 Å². The predicted molar refractivity (Wildman–Crippen MR) is 81.3 cm³/mol. The Bertz CT molecular complexity index is 610. The number of aromatic nitrogens is 2. The Kier molecular flexibility index (Phi) is 3.62. The molecule has 118 valence electrons. The second-order valence-corrected chi connectivity index (χ2v) is 6.53. The standard InChI is InChI=1S/C16H22N4O2/c1-11-9-13(18-12(2)17-11)14(21)20-8-6-16(10-20)5-4-7-19(3)15(16)22/h9H,4-8,10H2,1-3H3. The second-order valence-electron chi connectivity index (χ2n) is 6.53. The molecular weight excluding hydrogens is 280 g/mol. The summed E-state index contributed by atoms with van der Waals surface area (Å²) >= 11 is 0. The van der Waals surface area contributed by atoms with E-state index in [1.807, 2.05) is 14.0 Å². The summed E-state index contributed by atoms with van der Waals surface area (Å²) < 4.78 is 0. The quantitative estimate of drug-likeness (QED) is 0.781. The van der Waals surface area contributed by atoms with Crippen molar-refractivity contribution in [2.45, 2.75) is 33.1 Å². The molecule has 2 aliphatic heterocycles. The topological polar surface area (TPSA) is 66.4 Å². The molecule has 2 aliphatic rings. The van der Waals surface area contributed by atoms with Crippen LogP contribution in [0.25, 0.3) is 0 Å². The van der Waals surface area contributed by atoms with Gasteiger partial charge in [0.2, 0.25) is 5.91 Å². The molecule has 1 unspecified atom stereocenters. The number of hydrogen-bond acceptors (Lipinski definition) is 4. The van der Waals surface area contributed by atoms with E-state index in [1.165, 1.54) is 0 Å². The number of aryl methyl sites for hydroxylation is 2. The zero-order chi connectivity index (χ0) is 15.9. The summed E-state index contributed by atoms with van der Waals surface area (Å²) in [5.41, 5.74) is 0.844. The van der Waals surface area contributed by atoms with Gasteiger partial charge in [0.15, 0.2) is 0 Å². The largest absolute Gasteiger partial charge is 0.345 e. The van der Waals surface area contributed by atoms with Crippen molar-refractivity contribution in [3.05, 3.63) is 23.3 Å². The summed E-state index contributed by atoms with van der Waals surface area (Å²) in [6.45, 7) is 5.60. The fraction of sp³-hybridized carbons (Fsp3) is 0.625. The van der Waals surface area contributed by atoms with Gasteiger partial charge in [-0.05, 0) is 39.2 Å². The first-order valence-corrected chi connectivity index (χ1v) is 7.78. The molecule has 0 aromatic carbocycles. The van der Waals surface area contributed by atoms with Crippen molar-refractivity contribution in [3.8, 4) is 0 Å². The van der Waals surface area contributed by atoms with Gasteiger partial charge in [-0.2, -0.15) is 0 Å². The molecule has 0 radical (unpaired) electrons. The number of hydrogen-bond donors (Lipinski definition) is 0. The Morgan fingerprint density at radius 2 is 2.00 bits per heavy atom. The number of likely N-dealkylation sites (tertiary alicyclic amines) is 2. The third kappa shape index (κ3) is 2.46. The van der Waals surface area contributed by atoms with Crippen molar-refractivity contribution in [2.75, 3.05) is 26.7 Å². The van der Waals surface area contributed by atoms with Crippen molar-refractivity contribution in [1.29, 1.82) is 0 Å². The lowest BCUT2D eigenvalue weighted by atomic mass is 9.78. The fourth-order valence-electron chi connectivity index (χ4n) is 3.68. The zero-order valence-electron chi connectivity index (χ0n) is 13.4. The molecule has 3 rings (SSSR count). The molecule has 22 heavy (non-hydrogen) atoms. The maximum Gasteiger partial charge on any atom is 0.272 e. The highest BCUT2D eigenvalue weighted by molar-refractivity contribution is 5.94. The van der Waals surface area contributed by atoms with E-state index < -0.39 is 0 Å². The molecule has 1 aromatic heterocycles. The molecule has 6 nitrogen and oxygen atoms in total. The number of carbonyl (C=O) groups is 2. The molecule has 6 heteroatoms. The van der Waals surface area contributed by atoms with Crippen LogP contribution in [0.3, 0.4) is 0 Å². The van der Waals surface area contributed by atoms with Gasteiger partial charge in [0.05, 0.1) is 5.41 Å². The smallest absolute Gasteiger partial charge is 0.272 e. The van der Waals surface area contributed by atoms with Crippen LogP contribution in [-0.2, 0) is 4.79 Å². The molecular formula is C16H22N4O2. The highest BCUT2D eigenvalue weighted by Gasteiger charge is 2.48. The Morgan fingerprint density at radius 3 is 2.73 bits per heavy atom. The third-order valence-corrected chi connectivity index (χ3v) is 4.78. The molecule has 0 saturated carbocycles. The second kappa shape index (κ2) is 5.34. The predicted octanol–water partition coefficient (Wildman–Crippen LogP) is 1.18. The summed E-state index contributed by atoms with van der Waals surface area (Å²) in [6.07, 6.45) is 2.64. The van der Waals surface area contributed by atoms with Crippen LogP contribution in [0.4, 0.5) is 0 Å². The van der Waals surface area contributed by atoms with Gasteiger partial charge in [0, 0.05) is 32.4 Å². The van der Waals surface area contributed by atoms with E-state index in [9.17, 15) is 9.59 Å². The van der Waals surface area contributed by atoms with E-state index >= 15 is 0 Å². The first kappa shape index (κ1) is 14.9. The van der Waals surface area contributed by atoms with Gasteiger partial charge in [-0.3, -0.25) is 9.59 Å².